The second-order valence-electron chi connectivity index (χ2n) is 10.1. The SMILES string of the molecule is CCCc1cc(CCC)c(S(=O)(=O)Oc2nc(C)nc3cc(OC)c(OC4CCCOC4)cc23)c(CCC)c1. The molecule has 8 nitrogen and oxygen atoms in total. The predicted molar refractivity (Wildman–Crippen MR) is 152 cm³/mol. The molecule has 3 aromatic rings. The minimum atomic E-state index is -4.20. The summed E-state index contributed by atoms with van der Waals surface area (Å²) in [6.07, 6.45) is 6.48. The second-order valence-corrected chi connectivity index (χ2v) is 11.6. The molecule has 1 aliphatic heterocycles. The summed E-state index contributed by atoms with van der Waals surface area (Å²) < 4.78 is 51.2. The first-order chi connectivity index (χ1) is 18.8. The lowest BCUT2D eigenvalue weighted by Crippen LogP contribution is -2.28. The van der Waals surface area contributed by atoms with E-state index in [9.17, 15) is 8.42 Å². The van der Waals surface area contributed by atoms with E-state index in [1.807, 2.05) is 12.1 Å². The van der Waals surface area contributed by atoms with Crippen LogP contribution >= 0.6 is 0 Å². The van der Waals surface area contributed by atoms with Crippen LogP contribution in [0.4, 0.5) is 0 Å². The molecule has 0 aliphatic carbocycles. The van der Waals surface area contributed by atoms with E-state index in [2.05, 4.69) is 30.7 Å². The lowest BCUT2D eigenvalue weighted by Gasteiger charge is -2.24. The quantitative estimate of drug-likeness (QED) is 0.246. The first-order valence-corrected chi connectivity index (χ1v) is 15.4. The van der Waals surface area contributed by atoms with Gasteiger partial charge in [0.1, 0.15) is 16.8 Å². The summed E-state index contributed by atoms with van der Waals surface area (Å²) in [4.78, 5) is 9.20. The molecule has 1 aromatic heterocycles. The summed E-state index contributed by atoms with van der Waals surface area (Å²) in [6, 6.07) is 7.48. The molecule has 0 radical (unpaired) electrons. The summed E-state index contributed by atoms with van der Waals surface area (Å²) in [5.41, 5.74) is 3.26. The van der Waals surface area contributed by atoms with E-state index in [4.69, 9.17) is 18.4 Å². The zero-order chi connectivity index (χ0) is 28.0. The predicted octanol–water partition coefficient (Wildman–Crippen LogP) is 6.13. The zero-order valence-electron chi connectivity index (χ0n) is 23.7. The Balaban J connectivity index is 1.81. The summed E-state index contributed by atoms with van der Waals surface area (Å²) >= 11 is 0. The third-order valence-electron chi connectivity index (χ3n) is 6.79. The molecule has 1 unspecified atom stereocenters. The maximum atomic E-state index is 14.0. The zero-order valence-corrected chi connectivity index (χ0v) is 24.5. The fourth-order valence-corrected chi connectivity index (χ4v) is 6.54. The van der Waals surface area contributed by atoms with Crippen LogP contribution in [-0.2, 0) is 34.1 Å². The van der Waals surface area contributed by atoms with Crippen LogP contribution in [0.15, 0.2) is 29.2 Å². The fourth-order valence-electron chi connectivity index (χ4n) is 5.15. The fraction of sp³-hybridized carbons (Fsp3) is 0.533. The van der Waals surface area contributed by atoms with E-state index in [0.717, 1.165) is 61.8 Å². The number of hydrogen-bond acceptors (Lipinski definition) is 8. The highest BCUT2D eigenvalue weighted by molar-refractivity contribution is 7.87. The summed E-state index contributed by atoms with van der Waals surface area (Å²) in [5, 5.41) is 0.438. The van der Waals surface area contributed by atoms with E-state index in [1.165, 1.54) is 0 Å². The number of aryl methyl sites for hydroxylation is 4. The van der Waals surface area contributed by atoms with Crippen LogP contribution in [0.5, 0.6) is 17.4 Å². The molecular formula is C30H40N2O6S. The number of ether oxygens (including phenoxy) is 3. The van der Waals surface area contributed by atoms with Gasteiger partial charge in [-0.25, -0.2) is 4.98 Å². The van der Waals surface area contributed by atoms with Crippen LogP contribution < -0.4 is 13.7 Å². The highest BCUT2D eigenvalue weighted by atomic mass is 32.2. The van der Waals surface area contributed by atoms with E-state index >= 15 is 0 Å². The van der Waals surface area contributed by atoms with Crippen LogP contribution in [0.25, 0.3) is 10.9 Å². The van der Waals surface area contributed by atoms with Crippen molar-refractivity contribution < 1.29 is 26.8 Å². The van der Waals surface area contributed by atoms with E-state index in [-0.39, 0.29) is 16.9 Å². The van der Waals surface area contributed by atoms with E-state index in [1.54, 1.807) is 26.2 Å². The van der Waals surface area contributed by atoms with E-state index in [0.29, 0.717) is 47.7 Å². The Bertz CT molecular complexity index is 1370. The molecule has 4 rings (SSSR count). The third-order valence-corrected chi connectivity index (χ3v) is 8.19. The molecule has 0 N–H and O–H groups in total. The Hall–Kier alpha value is -2.91. The van der Waals surface area contributed by atoms with Crippen molar-refractivity contribution in [3.8, 4) is 17.4 Å². The van der Waals surface area contributed by atoms with Gasteiger partial charge in [0.05, 0.1) is 24.6 Å². The van der Waals surface area contributed by atoms with E-state index < -0.39 is 10.1 Å². The van der Waals surface area contributed by atoms with Gasteiger partial charge in [-0.15, -0.1) is 0 Å². The Morgan fingerprint density at radius 1 is 0.949 bits per heavy atom. The highest BCUT2D eigenvalue weighted by Gasteiger charge is 2.28. The maximum Gasteiger partial charge on any atom is 0.341 e. The van der Waals surface area contributed by atoms with Crippen LogP contribution in [0.2, 0.25) is 0 Å². The Labute approximate surface area is 232 Å². The van der Waals surface area contributed by atoms with Gasteiger partial charge in [-0.05, 0) is 61.8 Å². The lowest BCUT2D eigenvalue weighted by molar-refractivity contribution is 0.00650. The largest absolute Gasteiger partial charge is 0.493 e. The number of rotatable bonds is 12. The standard InChI is InChI=1S/C30H40N2O6S/c1-6-10-21-15-22(11-7-2)29(23(16-21)12-8-3)39(33,34)38-30-25-17-28(37-24-13-9-14-36-19-24)27(35-5)18-26(25)31-20(4)32-30/h15-18,24H,6-14,19H2,1-5H3. The monoisotopic (exact) mass is 556 g/mol. The molecule has 1 fully saturated rings. The number of aromatic nitrogens is 2. The number of fused-ring (bicyclic) bond motifs is 1. The molecule has 0 spiro atoms. The van der Waals surface area contributed by atoms with Crippen molar-refractivity contribution in [2.45, 2.75) is 90.1 Å². The molecule has 2 aromatic carbocycles. The smallest absolute Gasteiger partial charge is 0.341 e. The summed E-state index contributed by atoms with van der Waals surface area (Å²) in [5.74, 6) is 1.34. The van der Waals surface area contributed by atoms with Gasteiger partial charge in [0.25, 0.3) is 0 Å². The number of benzene rings is 2. The lowest BCUT2D eigenvalue weighted by atomic mass is 9.97. The average molecular weight is 557 g/mol. The molecule has 0 amide bonds. The molecule has 39 heavy (non-hydrogen) atoms. The number of nitrogens with zero attached hydrogens (tertiary/aromatic N) is 2. The maximum absolute atomic E-state index is 14.0. The van der Waals surface area contributed by atoms with Crippen molar-refractivity contribution in [1.29, 1.82) is 0 Å². The third kappa shape index (κ3) is 6.81. The van der Waals surface area contributed by atoms with Crippen LogP contribution in [0.1, 0.15) is 75.4 Å². The first-order valence-electron chi connectivity index (χ1n) is 14.0. The minimum absolute atomic E-state index is 0.0209. The summed E-state index contributed by atoms with van der Waals surface area (Å²) in [7, 11) is -2.63. The Morgan fingerprint density at radius 3 is 2.23 bits per heavy atom. The van der Waals surface area contributed by atoms with Gasteiger partial charge in [-0.1, -0.05) is 52.2 Å². The molecule has 2 heterocycles. The van der Waals surface area contributed by atoms with Gasteiger partial charge in [0, 0.05) is 12.7 Å². The van der Waals surface area contributed by atoms with Gasteiger partial charge in [-0.3, -0.25) is 0 Å². The van der Waals surface area contributed by atoms with Crippen molar-refractivity contribution in [3.63, 3.8) is 0 Å². The number of hydrogen-bond donors (Lipinski definition) is 0. The van der Waals surface area contributed by atoms with Crippen LogP contribution in [0.3, 0.4) is 0 Å². The van der Waals surface area contributed by atoms with Gasteiger partial charge in [0.15, 0.2) is 11.5 Å². The Morgan fingerprint density at radius 2 is 1.64 bits per heavy atom. The first kappa shape index (κ1) is 29.1. The normalized spacial score (nSPS) is 15.9. The van der Waals surface area contributed by atoms with Crippen molar-refractivity contribution in [2.75, 3.05) is 20.3 Å². The van der Waals surface area contributed by atoms with Gasteiger partial charge >= 0.3 is 10.1 Å². The second kappa shape index (κ2) is 13.0. The topological polar surface area (TPSA) is 96.8 Å². The van der Waals surface area contributed by atoms with Gasteiger partial charge in [-0.2, -0.15) is 13.4 Å². The highest BCUT2D eigenvalue weighted by Crippen LogP contribution is 2.38. The van der Waals surface area contributed by atoms with Crippen LogP contribution in [-0.4, -0.2) is 44.8 Å². The molecule has 1 atom stereocenters. The Kier molecular flexibility index (Phi) is 9.67. The molecule has 1 aliphatic rings. The van der Waals surface area contributed by atoms with Gasteiger partial charge in [0.2, 0.25) is 5.88 Å². The molecule has 0 saturated carbocycles. The minimum Gasteiger partial charge on any atom is -0.493 e. The van der Waals surface area contributed by atoms with Crippen molar-refractivity contribution in [3.05, 3.63) is 46.8 Å². The van der Waals surface area contributed by atoms with Crippen molar-refractivity contribution >= 4 is 21.0 Å². The molecule has 212 valence electrons. The summed E-state index contributed by atoms with van der Waals surface area (Å²) in [6.45, 7) is 9.14. The van der Waals surface area contributed by atoms with Gasteiger partial charge < -0.3 is 18.4 Å². The van der Waals surface area contributed by atoms with Crippen LogP contribution in [0, 0.1) is 6.92 Å². The molecule has 1 saturated heterocycles. The molecule has 0 bridgehead atoms. The van der Waals surface area contributed by atoms with Crippen molar-refractivity contribution in [2.24, 2.45) is 0 Å². The number of methoxy groups -OCH3 is 1. The van der Waals surface area contributed by atoms with Crippen molar-refractivity contribution in [1.82, 2.24) is 9.97 Å². The molecular weight excluding hydrogens is 516 g/mol. The average Bonchev–Trinajstić information content (AvgIpc) is 2.89. The molecule has 9 heteroatoms.